The van der Waals surface area contributed by atoms with E-state index in [4.69, 9.17) is 16.3 Å². The van der Waals surface area contributed by atoms with Crippen LogP contribution in [-0.4, -0.2) is 17.8 Å². The molecule has 1 aliphatic heterocycles. The molecule has 6 nitrogen and oxygen atoms in total. The molecular formula is C18H12ClFN2O4. The maximum absolute atomic E-state index is 13.9. The summed E-state index contributed by atoms with van der Waals surface area (Å²) in [7, 11) is 0. The highest BCUT2D eigenvalue weighted by Crippen LogP contribution is 2.25. The van der Waals surface area contributed by atoms with Crippen molar-refractivity contribution in [1.29, 1.82) is 0 Å². The van der Waals surface area contributed by atoms with Crippen LogP contribution in [0.2, 0.25) is 5.02 Å². The standard InChI is InChI=1S/C18H12ClFN2O4/c19-13-5-3-6-14(20)12(13)9-26-15-7-2-1-4-10(15)8-11-16(23)21-18(25)22-17(11)24/h1-8H,9H2,(H2,21,22,23,24,25). The number of imide groups is 2. The lowest BCUT2D eigenvalue weighted by atomic mass is 10.1. The van der Waals surface area contributed by atoms with Crippen molar-refractivity contribution in [2.75, 3.05) is 0 Å². The molecule has 0 saturated carbocycles. The average molecular weight is 375 g/mol. The molecule has 2 N–H and O–H groups in total. The summed E-state index contributed by atoms with van der Waals surface area (Å²) in [4.78, 5) is 34.8. The van der Waals surface area contributed by atoms with E-state index in [-0.39, 0.29) is 22.8 Å². The van der Waals surface area contributed by atoms with Crippen LogP contribution in [0.5, 0.6) is 5.75 Å². The van der Waals surface area contributed by atoms with Gasteiger partial charge in [0.1, 0.15) is 23.7 Å². The Morgan fingerprint density at radius 1 is 1.00 bits per heavy atom. The molecule has 2 aromatic rings. The van der Waals surface area contributed by atoms with Gasteiger partial charge in [0.05, 0.1) is 5.02 Å². The van der Waals surface area contributed by atoms with E-state index in [0.717, 1.165) is 0 Å². The highest BCUT2D eigenvalue weighted by atomic mass is 35.5. The van der Waals surface area contributed by atoms with Gasteiger partial charge in [-0.1, -0.05) is 35.9 Å². The Morgan fingerprint density at radius 2 is 1.69 bits per heavy atom. The van der Waals surface area contributed by atoms with Crippen molar-refractivity contribution in [3.8, 4) is 5.75 Å². The number of hydrogen-bond donors (Lipinski definition) is 2. The number of benzene rings is 2. The zero-order valence-electron chi connectivity index (χ0n) is 13.2. The molecule has 0 radical (unpaired) electrons. The fourth-order valence-corrected chi connectivity index (χ4v) is 2.53. The first-order valence-corrected chi connectivity index (χ1v) is 7.86. The van der Waals surface area contributed by atoms with Gasteiger partial charge in [0.15, 0.2) is 0 Å². The Labute approximate surface area is 152 Å². The predicted molar refractivity (Wildman–Crippen MR) is 91.8 cm³/mol. The van der Waals surface area contributed by atoms with E-state index in [1.54, 1.807) is 30.3 Å². The topological polar surface area (TPSA) is 84.5 Å². The second-order valence-electron chi connectivity index (χ2n) is 5.32. The Hall–Kier alpha value is -3.19. The minimum Gasteiger partial charge on any atom is -0.488 e. The fraction of sp³-hybridized carbons (Fsp3) is 0.0556. The quantitative estimate of drug-likeness (QED) is 0.636. The molecule has 0 spiro atoms. The molecule has 0 unspecified atom stereocenters. The van der Waals surface area contributed by atoms with Gasteiger partial charge in [-0.25, -0.2) is 9.18 Å². The summed E-state index contributed by atoms with van der Waals surface area (Å²) in [6, 6.07) is 10.0. The highest BCUT2D eigenvalue weighted by molar-refractivity contribution is 6.31. The van der Waals surface area contributed by atoms with E-state index in [9.17, 15) is 18.8 Å². The number of halogens is 2. The van der Waals surface area contributed by atoms with E-state index in [1.807, 2.05) is 10.6 Å². The fourth-order valence-electron chi connectivity index (χ4n) is 2.31. The summed E-state index contributed by atoms with van der Waals surface area (Å²) < 4.78 is 19.5. The first kappa shape index (κ1) is 17.6. The number of para-hydroxylation sites is 1. The molecule has 0 bridgehead atoms. The van der Waals surface area contributed by atoms with Crippen molar-refractivity contribution in [2.45, 2.75) is 6.61 Å². The molecule has 0 aliphatic carbocycles. The maximum atomic E-state index is 13.9. The summed E-state index contributed by atoms with van der Waals surface area (Å²) in [6.07, 6.45) is 1.29. The lowest BCUT2D eigenvalue weighted by molar-refractivity contribution is -0.123. The van der Waals surface area contributed by atoms with E-state index >= 15 is 0 Å². The molecule has 1 saturated heterocycles. The second-order valence-corrected chi connectivity index (χ2v) is 5.73. The number of amides is 4. The summed E-state index contributed by atoms with van der Waals surface area (Å²) in [6.45, 7) is -0.136. The van der Waals surface area contributed by atoms with E-state index in [1.165, 1.54) is 18.2 Å². The van der Waals surface area contributed by atoms with E-state index in [2.05, 4.69) is 0 Å². The van der Waals surface area contributed by atoms with Crippen molar-refractivity contribution in [2.24, 2.45) is 0 Å². The number of urea groups is 1. The van der Waals surface area contributed by atoms with Crippen LogP contribution in [0.25, 0.3) is 6.08 Å². The SMILES string of the molecule is O=C1NC(=O)C(=Cc2ccccc2OCc2c(F)cccc2Cl)C(=O)N1. The molecule has 1 heterocycles. The van der Waals surface area contributed by atoms with Crippen LogP contribution < -0.4 is 15.4 Å². The van der Waals surface area contributed by atoms with Gasteiger partial charge >= 0.3 is 6.03 Å². The molecule has 2 aromatic carbocycles. The molecule has 3 rings (SSSR count). The van der Waals surface area contributed by atoms with Crippen LogP contribution in [0.3, 0.4) is 0 Å². The highest BCUT2D eigenvalue weighted by Gasteiger charge is 2.28. The molecule has 1 fully saturated rings. The number of carbonyl (C=O) groups excluding carboxylic acids is 3. The van der Waals surface area contributed by atoms with Crippen molar-refractivity contribution < 1.29 is 23.5 Å². The normalized spacial score (nSPS) is 13.9. The van der Waals surface area contributed by atoms with Crippen molar-refractivity contribution >= 4 is 35.5 Å². The summed E-state index contributed by atoms with van der Waals surface area (Å²) >= 11 is 5.97. The maximum Gasteiger partial charge on any atom is 0.328 e. The van der Waals surface area contributed by atoms with Crippen LogP contribution in [0, 0.1) is 5.82 Å². The minimum absolute atomic E-state index is 0.136. The minimum atomic E-state index is -0.879. The van der Waals surface area contributed by atoms with Gasteiger partial charge in [-0.2, -0.15) is 0 Å². The van der Waals surface area contributed by atoms with Gasteiger partial charge in [0.2, 0.25) is 0 Å². The Bertz CT molecular complexity index is 900. The number of barbiturate groups is 1. The lowest BCUT2D eigenvalue weighted by Crippen LogP contribution is -2.51. The molecular weight excluding hydrogens is 363 g/mol. The van der Waals surface area contributed by atoms with Crippen molar-refractivity contribution in [3.05, 3.63) is 70.0 Å². The molecule has 8 heteroatoms. The zero-order valence-corrected chi connectivity index (χ0v) is 14.0. The van der Waals surface area contributed by atoms with Crippen LogP contribution >= 0.6 is 11.6 Å². The lowest BCUT2D eigenvalue weighted by Gasteiger charge is -2.15. The Kier molecular flexibility index (Phi) is 4.99. The third kappa shape index (κ3) is 3.73. The van der Waals surface area contributed by atoms with Crippen LogP contribution in [0.15, 0.2) is 48.0 Å². The van der Waals surface area contributed by atoms with E-state index in [0.29, 0.717) is 11.3 Å². The van der Waals surface area contributed by atoms with Gasteiger partial charge in [-0.15, -0.1) is 0 Å². The van der Waals surface area contributed by atoms with Crippen LogP contribution in [0.1, 0.15) is 11.1 Å². The number of rotatable bonds is 4. The smallest absolute Gasteiger partial charge is 0.328 e. The Morgan fingerprint density at radius 3 is 2.38 bits per heavy atom. The summed E-state index contributed by atoms with van der Waals surface area (Å²) in [5.41, 5.74) is 0.356. The predicted octanol–water partition coefficient (Wildman–Crippen LogP) is 2.81. The van der Waals surface area contributed by atoms with E-state index < -0.39 is 23.7 Å². The molecule has 1 aliphatic rings. The first-order chi connectivity index (χ1) is 12.5. The van der Waals surface area contributed by atoms with Gasteiger partial charge in [-0.05, 0) is 24.3 Å². The first-order valence-electron chi connectivity index (χ1n) is 7.49. The van der Waals surface area contributed by atoms with Gasteiger partial charge in [0.25, 0.3) is 11.8 Å². The third-order valence-electron chi connectivity index (χ3n) is 3.60. The number of carbonyl (C=O) groups is 3. The van der Waals surface area contributed by atoms with Crippen LogP contribution in [0.4, 0.5) is 9.18 Å². The molecule has 0 atom stereocenters. The molecule has 0 aromatic heterocycles. The van der Waals surface area contributed by atoms with Gasteiger partial charge < -0.3 is 4.74 Å². The zero-order chi connectivity index (χ0) is 18.7. The second kappa shape index (κ2) is 7.37. The number of ether oxygens (including phenoxy) is 1. The summed E-state index contributed by atoms with van der Waals surface area (Å²) in [5, 5.41) is 4.20. The molecule has 132 valence electrons. The average Bonchev–Trinajstić information content (AvgIpc) is 2.58. The monoisotopic (exact) mass is 374 g/mol. The van der Waals surface area contributed by atoms with Gasteiger partial charge in [-0.3, -0.25) is 20.2 Å². The molecule has 26 heavy (non-hydrogen) atoms. The number of hydrogen-bond acceptors (Lipinski definition) is 4. The van der Waals surface area contributed by atoms with Crippen molar-refractivity contribution in [1.82, 2.24) is 10.6 Å². The third-order valence-corrected chi connectivity index (χ3v) is 3.95. The molecule has 4 amide bonds. The summed E-state index contributed by atoms with van der Waals surface area (Å²) in [5.74, 6) is -1.81. The Balaban J connectivity index is 1.87. The van der Waals surface area contributed by atoms with Crippen molar-refractivity contribution in [3.63, 3.8) is 0 Å². The largest absolute Gasteiger partial charge is 0.488 e. The van der Waals surface area contributed by atoms with Crippen LogP contribution in [-0.2, 0) is 16.2 Å². The number of nitrogens with one attached hydrogen (secondary N) is 2. The van der Waals surface area contributed by atoms with Gasteiger partial charge in [0, 0.05) is 11.1 Å².